The largest absolute Gasteiger partial charge is 0.496 e. The van der Waals surface area contributed by atoms with Crippen LogP contribution in [0.25, 0.3) is 0 Å². The van der Waals surface area contributed by atoms with Crippen LogP contribution < -0.4 is 10.5 Å². The highest BCUT2D eigenvalue weighted by molar-refractivity contribution is 6.30. The second-order valence-electron chi connectivity index (χ2n) is 5.17. The van der Waals surface area contributed by atoms with Crippen molar-refractivity contribution in [3.8, 4) is 5.75 Å². The topological polar surface area (TPSA) is 64.7 Å². The molecule has 1 fully saturated rings. The molecule has 3 N–H and O–H groups in total. The third-order valence-electron chi connectivity index (χ3n) is 4.01. The van der Waals surface area contributed by atoms with Crippen molar-refractivity contribution >= 4 is 11.6 Å². The van der Waals surface area contributed by atoms with Gasteiger partial charge in [-0.25, -0.2) is 0 Å². The van der Waals surface area contributed by atoms with E-state index in [2.05, 4.69) is 0 Å². The summed E-state index contributed by atoms with van der Waals surface area (Å²) in [4.78, 5) is 0. The molecule has 0 amide bonds. The molecular weight excluding hydrogens is 278 g/mol. The first-order chi connectivity index (χ1) is 9.67. The maximum absolute atomic E-state index is 10.7. The molecule has 0 radical (unpaired) electrons. The first-order valence-corrected chi connectivity index (χ1v) is 7.34. The van der Waals surface area contributed by atoms with Gasteiger partial charge in [-0.2, -0.15) is 0 Å². The molecule has 0 saturated carbocycles. The molecule has 112 valence electrons. The predicted octanol–water partition coefficient (Wildman–Crippen LogP) is 2.18. The number of nitrogens with two attached hydrogens (primary N) is 1. The van der Waals surface area contributed by atoms with Gasteiger partial charge in [-0.3, -0.25) is 0 Å². The second-order valence-corrected chi connectivity index (χ2v) is 5.61. The Morgan fingerprint density at radius 1 is 1.45 bits per heavy atom. The lowest BCUT2D eigenvalue weighted by atomic mass is 9.82. The minimum absolute atomic E-state index is 0.174. The number of aliphatic hydroxyl groups excluding tert-OH is 1. The summed E-state index contributed by atoms with van der Waals surface area (Å²) >= 11 is 6.07. The molecule has 1 aliphatic rings. The summed E-state index contributed by atoms with van der Waals surface area (Å²) in [5.41, 5.74) is 6.77. The standard InChI is InChI=1S/C15H22ClNO3/c1-19-14-3-2-11(16)8-12(14)13(9-17)15(18)10-4-6-20-7-5-10/h2-3,8,10,13,15,18H,4-7,9,17H2,1H3. The van der Waals surface area contributed by atoms with E-state index >= 15 is 0 Å². The molecule has 1 heterocycles. The molecule has 1 aliphatic heterocycles. The van der Waals surface area contributed by atoms with Crippen LogP contribution in [0.2, 0.25) is 5.02 Å². The van der Waals surface area contributed by atoms with Gasteiger partial charge in [0.25, 0.3) is 0 Å². The van der Waals surface area contributed by atoms with Crippen molar-refractivity contribution in [1.29, 1.82) is 0 Å². The van der Waals surface area contributed by atoms with Gasteiger partial charge < -0.3 is 20.3 Å². The van der Waals surface area contributed by atoms with Crippen LogP contribution in [-0.2, 0) is 4.74 Å². The van der Waals surface area contributed by atoms with Gasteiger partial charge in [0.15, 0.2) is 0 Å². The third-order valence-corrected chi connectivity index (χ3v) is 4.24. The molecule has 4 nitrogen and oxygen atoms in total. The summed E-state index contributed by atoms with van der Waals surface area (Å²) in [6, 6.07) is 5.43. The number of hydrogen-bond acceptors (Lipinski definition) is 4. The lowest BCUT2D eigenvalue weighted by Crippen LogP contribution is -2.35. The lowest BCUT2D eigenvalue weighted by molar-refractivity contribution is -0.00220. The molecule has 2 atom stereocenters. The SMILES string of the molecule is COc1ccc(Cl)cc1C(CN)C(O)C1CCOCC1. The molecule has 20 heavy (non-hydrogen) atoms. The average Bonchev–Trinajstić information content (AvgIpc) is 2.49. The summed E-state index contributed by atoms with van der Waals surface area (Å²) < 4.78 is 10.7. The zero-order chi connectivity index (χ0) is 14.5. The van der Waals surface area contributed by atoms with Crippen molar-refractivity contribution in [2.24, 2.45) is 11.7 Å². The summed E-state index contributed by atoms with van der Waals surface area (Å²) in [6.45, 7) is 1.76. The van der Waals surface area contributed by atoms with E-state index in [0.717, 1.165) is 24.2 Å². The van der Waals surface area contributed by atoms with E-state index in [1.807, 2.05) is 12.1 Å². The van der Waals surface area contributed by atoms with Crippen LogP contribution in [0.5, 0.6) is 5.75 Å². The lowest BCUT2D eigenvalue weighted by Gasteiger charge is -2.32. The van der Waals surface area contributed by atoms with Crippen LogP contribution in [0.15, 0.2) is 18.2 Å². The summed E-state index contributed by atoms with van der Waals surface area (Å²) in [6.07, 6.45) is 1.22. The number of benzene rings is 1. The quantitative estimate of drug-likeness (QED) is 0.874. The van der Waals surface area contributed by atoms with Gasteiger partial charge in [-0.05, 0) is 37.0 Å². The van der Waals surface area contributed by atoms with E-state index in [1.54, 1.807) is 13.2 Å². The highest BCUT2D eigenvalue weighted by Crippen LogP contribution is 2.35. The normalized spacial score (nSPS) is 19.6. The Balaban J connectivity index is 2.24. The Bertz CT molecular complexity index is 435. The van der Waals surface area contributed by atoms with Gasteiger partial charge in [0.2, 0.25) is 0 Å². The van der Waals surface area contributed by atoms with Gasteiger partial charge in [-0.1, -0.05) is 11.6 Å². The van der Waals surface area contributed by atoms with Crippen molar-refractivity contribution in [2.75, 3.05) is 26.9 Å². The highest BCUT2D eigenvalue weighted by atomic mass is 35.5. The zero-order valence-electron chi connectivity index (χ0n) is 11.7. The van der Waals surface area contributed by atoms with Crippen LogP contribution in [0, 0.1) is 5.92 Å². The smallest absolute Gasteiger partial charge is 0.122 e. The molecular formula is C15H22ClNO3. The van der Waals surface area contributed by atoms with E-state index in [1.165, 1.54) is 0 Å². The minimum atomic E-state index is -0.503. The fourth-order valence-electron chi connectivity index (χ4n) is 2.83. The Morgan fingerprint density at radius 3 is 2.75 bits per heavy atom. The fourth-order valence-corrected chi connectivity index (χ4v) is 3.01. The third kappa shape index (κ3) is 3.44. The van der Waals surface area contributed by atoms with E-state index in [9.17, 15) is 5.11 Å². The highest BCUT2D eigenvalue weighted by Gasteiger charge is 2.31. The predicted molar refractivity (Wildman–Crippen MR) is 79.3 cm³/mol. The number of aliphatic hydroxyl groups is 1. The minimum Gasteiger partial charge on any atom is -0.496 e. The molecule has 2 rings (SSSR count). The van der Waals surface area contributed by atoms with E-state index in [4.69, 9.17) is 26.8 Å². The molecule has 5 heteroatoms. The van der Waals surface area contributed by atoms with Crippen molar-refractivity contribution in [3.63, 3.8) is 0 Å². The van der Waals surface area contributed by atoms with Crippen LogP contribution in [0.4, 0.5) is 0 Å². The van der Waals surface area contributed by atoms with Gasteiger partial charge in [0.05, 0.1) is 13.2 Å². The second kappa shape index (κ2) is 7.27. The Hall–Kier alpha value is -0.810. The molecule has 1 aromatic carbocycles. The van der Waals surface area contributed by atoms with Crippen LogP contribution in [0.1, 0.15) is 24.3 Å². The number of methoxy groups -OCH3 is 1. The Labute approximate surface area is 124 Å². The van der Waals surface area contributed by atoms with E-state index in [0.29, 0.717) is 24.8 Å². The monoisotopic (exact) mass is 299 g/mol. The number of rotatable bonds is 5. The number of ether oxygens (including phenoxy) is 2. The van der Waals surface area contributed by atoms with Crippen molar-refractivity contribution in [3.05, 3.63) is 28.8 Å². The summed E-state index contributed by atoms with van der Waals surface area (Å²) in [5.74, 6) is 0.753. The molecule has 2 unspecified atom stereocenters. The first kappa shape index (κ1) is 15.6. The van der Waals surface area contributed by atoms with Crippen molar-refractivity contribution in [1.82, 2.24) is 0 Å². The van der Waals surface area contributed by atoms with E-state index in [-0.39, 0.29) is 11.8 Å². The van der Waals surface area contributed by atoms with Crippen LogP contribution >= 0.6 is 11.6 Å². The van der Waals surface area contributed by atoms with Crippen LogP contribution in [0.3, 0.4) is 0 Å². The van der Waals surface area contributed by atoms with Crippen molar-refractivity contribution in [2.45, 2.75) is 24.9 Å². The number of halogens is 1. The van der Waals surface area contributed by atoms with Gasteiger partial charge in [-0.15, -0.1) is 0 Å². The van der Waals surface area contributed by atoms with Gasteiger partial charge >= 0.3 is 0 Å². The molecule has 0 bridgehead atoms. The fraction of sp³-hybridized carbons (Fsp3) is 0.600. The van der Waals surface area contributed by atoms with Gasteiger partial charge in [0.1, 0.15) is 5.75 Å². The Morgan fingerprint density at radius 2 is 2.15 bits per heavy atom. The molecule has 0 aliphatic carbocycles. The van der Waals surface area contributed by atoms with Gasteiger partial charge in [0, 0.05) is 36.3 Å². The zero-order valence-corrected chi connectivity index (χ0v) is 12.5. The summed E-state index contributed by atoms with van der Waals surface area (Å²) in [7, 11) is 1.61. The van der Waals surface area contributed by atoms with E-state index < -0.39 is 6.10 Å². The van der Waals surface area contributed by atoms with Crippen molar-refractivity contribution < 1.29 is 14.6 Å². The maximum atomic E-state index is 10.7. The molecule has 1 aromatic rings. The molecule has 0 aromatic heterocycles. The Kier molecular flexibility index (Phi) is 5.66. The van der Waals surface area contributed by atoms with Crippen LogP contribution in [-0.4, -0.2) is 38.1 Å². The maximum Gasteiger partial charge on any atom is 0.122 e. The molecule has 0 spiro atoms. The average molecular weight is 300 g/mol. The molecule has 1 saturated heterocycles. The number of hydrogen-bond donors (Lipinski definition) is 2. The summed E-state index contributed by atoms with van der Waals surface area (Å²) in [5, 5.41) is 11.3. The first-order valence-electron chi connectivity index (χ1n) is 6.96.